The number of phenolic OH excluding ortho intramolecular Hbond substituents is 1. The van der Waals surface area contributed by atoms with E-state index in [1.807, 2.05) is 30.5 Å². The summed E-state index contributed by atoms with van der Waals surface area (Å²) in [5, 5.41) is 12.4. The van der Waals surface area contributed by atoms with E-state index in [-0.39, 0.29) is 0 Å². The number of hydrogen-bond donors (Lipinski definition) is 2. The molecule has 0 bridgehead atoms. The Hall–Kier alpha value is -2.65. The Kier molecular flexibility index (Phi) is 4.98. The van der Waals surface area contributed by atoms with Gasteiger partial charge in [0.05, 0.1) is 19.1 Å². The number of aromatic hydroxyl groups is 1. The van der Waals surface area contributed by atoms with Gasteiger partial charge in [-0.2, -0.15) is 0 Å². The molecule has 132 valence electrons. The first-order valence-electron chi connectivity index (χ1n) is 9.41. The molecule has 1 aliphatic rings. The number of nitrogens with zero attached hydrogens (tertiary/aromatic N) is 1. The number of hydrogen-bond acceptors (Lipinski definition) is 2. The largest absolute Gasteiger partial charge is 0.507 e. The molecule has 1 aliphatic heterocycles. The van der Waals surface area contributed by atoms with Crippen molar-refractivity contribution in [1.82, 2.24) is 0 Å². The molecule has 1 fully saturated rings. The normalized spacial score (nSPS) is 20.6. The van der Waals surface area contributed by atoms with Crippen LogP contribution in [-0.2, 0) is 6.54 Å². The molecule has 26 heavy (non-hydrogen) atoms. The Morgan fingerprint density at radius 3 is 2.46 bits per heavy atom. The Balaban J connectivity index is 1.41. The number of piperidine rings is 1. The van der Waals surface area contributed by atoms with Crippen LogP contribution in [-0.4, -0.2) is 30.5 Å². The van der Waals surface area contributed by atoms with E-state index in [9.17, 15) is 5.11 Å². The van der Waals surface area contributed by atoms with Crippen LogP contribution in [0.15, 0.2) is 71.7 Å². The first kappa shape index (κ1) is 16.8. The van der Waals surface area contributed by atoms with Gasteiger partial charge >= 0.3 is 0 Å². The highest BCUT2D eigenvalue weighted by molar-refractivity contribution is 6.02. The minimum atomic E-state index is 0.305. The van der Waals surface area contributed by atoms with Gasteiger partial charge < -0.3 is 10.0 Å². The van der Waals surface area contributed by atoms with Crippen molar-refractivity contribution in [2.45, 2.75) is 25.4 Å². The lowest BCUT2D eigenvalue weighted by molar-refractivity contribution is -0.918. The van der Waals surface area contributed by atoms with E-state index in [1.54, 1.807) is 11.0 Å². The van der Waals surface area contributed by atoms with E-state index >= 15 is 0 Å². The molecule has 3 nitrogen and oxygen atoms in total. The van der Waals surface area contributed by atoms with Crippen LogP contribution in [0.4, 0.5) is 0 Å². The van der Waals surface area contributed by atoms with E-state index in [0.29, 0.717) is 11.8 Å². The Bertz CT molecular complexity index is 896. The number of fused-ring (bicyclic) bond motifs is 1. The molecule has 0 aromatic heterocycles. The van der Waals surface area contributed by atoms with Gasteiger partial charge in [-0.1, -0.05) is 60.7 Å². The molecule has 2 N–H and O–H groups in total. The summed E-state index contributed by atoms with van der Waals surface area (Å²) in [4.78, 5) is 6.44. The number of phenols is 1. The minimum Gasteiger partial charge on any atom is -0.507 e. The first-order valence-corrected chi connectivity index (χ1v) is 9.41. The Morgan fingerprint density at radius 2 is 1.65 bits per heavy atom. The fraction of sp³-hybridized carbons (Fsp3) is 0.261. The standard InChI is InChI=1S/C23H24N2O/c26-23-11-10-19-8-4-5-9-21(19)22(23)16-24-20-12-14-25(15-13-20)17-18-6-2-1-3-7-18/h1-11,16,20,26H,12-15,17H2/p+1. The number of benzene rings is 3. The third kappa shape index (κ3) is 3.78. The number of nitrogens with one attached hydrogen (secondary N) is 1. The van der Waals surface area contributed by atoms with Crippen LogP contribution < -0.4 is 4.90 Å². The first-order chi connectivity index (χ1) is 12.8. The lowest BCUT2D eigenvalue weighted by atomic mass is 10.0. The number of aliphatic imine (C=N–C) groups is 1. The van der Waals surface area contributed by atoms with E-state index in [2.05, 4.69) is 36.4 Å². The molecule has 0 aliphatic carbocycles. The van der Waals surface area contributed by atoms with Crippen molar-refractivity contribution in [3.63, 3.8) is 0 Å². The molecule has 1 saturated heterocycles. The van der Waals surface area contributed by atoms with Crippen molar-refractivity contribution in [1.29, 1.82) is 0 Å². The van der Waals surface area contributed by atoms with Crippen molar-refractivity contribution in [2.24, 2.45) is 4.99 Å². The summed E-state index contributed by atoms with van der Waals surface area (Å²) in [5.41, 5.74) is 2.24. The number of quaternary nitrogens is 1. The molecule has 3 aromatic carbocycles. The highest BCUT2D eigenvalue weighted by Crippen LogP contribution is 2.25. The van der Waals surface area contributed by atoms with Crippen LogP contribution in [0.3, 0.4) is 0 Å². The highest BCUT2D eigenvalue weighted by atomic mass is 16.3. The van der Waals surface area contributed by atoms with Gasteiger partial charge in [0.15, 0.2) is 0 Å². The molecule has 0 unspecified atom stereocenters. The summed E-state index contributed by atoms with van der Waals surface area (Å²) in [7, 11) is 0. The van der Waals surface area contributed by atoms with E-state index in [0.717, 1.165) is 48.8 Å². The molecule has 4 rings (SSSR count). The van der Waals surface area contributed by atoms with Crippen molar-refractivity contribution in [3.8, 4) is 5.75 Å². The summed E-state index contributed by atoms with van der Waals surface area (Å²) in [6.07, 6.45) is 4.08. The summed E-state index contributed by atoms with van der Waals surface area (Å²) < 4.78 is 0. The summed E-state index contributed by atoms with van der Waals surface area (Å²) >= 11 is 0. The Morgan fingerprint density at radius 1 is 0.923 bits per heavy atom. The van der Waals surface area contributed by atoms with Crippen LogP contribution in [0.5, 0.6) is 5.75 Å². The topological polar surface area (TPSA) is 37.0 Å². The Labute approximate surface area is 154 Å². The summed E-state index contributed by atoms with van der Waals surface area (Å²) in [6, 6.07) is 22.9. The minimum absolute atomic E-state index is 0.305. The fourth-order valence-corrected chi connectivity index (χ4v) is 3.82. The second kappa shape index (κ2) is 7.71. The molecule has 0 amide bonds. The third-order valence-electron chi connectivity index (χ3n) is 5.32. The maximum Gasteiger partial charge on any atom is 0.124 e. The van der Waals surface area contributed by atoms with E-state index in [4.69, 9.17) is 4.99 Å². The molecular formula is C23H25N2O+. The van der Waals surface area contributed by atoms with Crippen molar-refractivity contribution in [2.75, 3.05) is 13.1 Å². The monoisotopic (exact) mass is 345 g/mol. The zero-order valence-corrected chi connectivity index (χ0v) is 14.9. The molecule has 0 spiro atoms. The van der Waals surface area contributed by atoms with Crippen molar-refractivity contribution >= 4 is 17.0 Å². The average Bonchev–Trinajstić information content (AvgIpc) is 2.69. The van der Waals surface area contributed by atoms with Gasteiger partial charge in [0, 0.05) is 30.2 Å². The quantitative estimate of drug-likeness (QED) is 0.700. The van der Waals surface area contributed by atoms with E-state index < -0.39 is 0 Å². The van der Waals surface area contributed by atoms with Gasteiger partial charge in [0.1, 0.15) is 12.3 Å². The van der Waals surface area contributed by atoms with Gasteiger partial charge in [-0.3, -0.25) is 4.99 Å². The van der Waals surface area contributed by atoms with Gasteiger partial charge in [0.2, 0.25) is 0 Å². The lowest BCUT2D eigenvalue weighted by Gasteiger charge is -2.27. The third-order valence-corrected chi connectivity index (χ3v) is 5.32. The van der Waals surface area contributed by atoms with E-state index in [1.165, 1.54) is 5.56 Å². The number of rotatable bonds is 4. The van der Waals surface area contributed by atoms with Gasteiger partial charge in [-0.25, -0.2) is 0 Å². The SMILES string of the molecule is Oc1ccc2ccccc2c1C=NC1CC[NH+](Cc2ccccc2)CC1. The molecule has 0 saturated carbocycles. The van der Waals surface area contributed by atoms with Crippen LogP contribution >= 0.6 is 0 Å². The summed E-state index contributed by atoms with van der Waals surface area (Å²) in [6.45, 7) is 3.40. The van der Waals surface area contributed by atoms with Crippen LogP contribution in [0.2, 0.25) is 0 Å². The zero-order chi connectivity index (χ0) is 17.8. The van der Waals surface area contributed by atoms with Gasteiger partial charge in [-0.15, -0.1) is 0 Å². The lowest BCUT2D eigenvalue weighted by Crippen LogP contribution is -3.12. The smallest absolute Gasteiger partial charge is 0.124 e. The van der Waals surface area contributed by atoms with Gasteiger partial charge in [-0.05, 0) is 16.8 Å². The summed E-state index contributed by atoms with van der Waals surface area (Å²) in [5.74, 6) is 0.305. The maximum atomic E-state index is 10.2. The molecule has 0 radical (unpaired) electrons. The molecule has 0 atom stereocenters. The van der Waals surface area contributed by atoms with Crippen molar-refractivity contribution < 1.29 is 10.0 Å². The number of likely N-dealkylation sites (tertiary alicyclic amines) is 1. The predicted octanol–water partition coefficient (Wildman–Crippen LogP) is 3.21. The van der Waals surface area contributed by atoms with Gasteiger partial charge in [0.25, 0.3) is 0 Å². The predicted molar refractivity (Wildman–Crippen MR) is 107 cm³/mol. The second-order valence-electron chi connectivity index (χ2n) is 7.14. The molecular weight excluding hydrogens is 320 g/mol. The maximum absolute atomic E-state index is 10.2. The van der Waals surface area contributed by atoms with Crippen LogP contribution in [0.1, 0.15) is 24.0 Å². The molecule has 3 heteroatoms. The van der Waals surface area contributed by atoms with Crippen LogP contribution in [0.25, 0.3) is 10.8 Å². The zero-order valence-electron chi connectivity index (χ0n) is 14.9. The molecule has 1 heterocycles. The fourth-order valence-electron chi connectivity index (χ4n) is 3.82. The molecule has 3 aromatic rings. The van der Waals surface area contributed by atoms with Crippen molar-refractivity contribution in [3.05, 3.63) is 77.9 Å². The highest BCUT2D eigenvalue weighted by Gasteiger charge is 2.21. The average molecular weight is 345 g/mol. The van der Waals surface area contributed by atoms with Crippen LogP contribution in [0, 0.1) is 0 Å². The second-order valence-corrected chi connectivity index (χ2v) is 7.14.